The van der Waals surface area contributed by atoms with E-state index in [1.807, 2.05) is 26.8 Å². The Bertz CT molecular complexity index is 753. The number of aryl methyl sites for hydroxylation is 2. The van der Waals surface area contributed by atoms with Crippen molar-refractivity contribution in [3.8, 4) is 11.5 Å². The van der Waals surface area contributed by atoms with Gasteiger partial charge >= 0.3 is 0 Å². The van der Waals surface area contributed by atoms with E-state index >= 15 is 0 Å². The number of hydrogen-bond acceptors (Lipinski definition) is 4. The number of fused-ring (bicyclic) bond motifs is 1. The molecule has 0 fully saturated rings. The average Bonchev–Trinajstić information content (AvgIpc) is 3.12. The van der Waals surface area contributed by atoms with Gasteiger partial charge in [0.05, 0.1) is 10.7 Å². The van der Waals surface area contributed by atoms with Crippen LogP contribution in [0.15, 0.2) is 12.1 Å². The minimum atomic E-state index is -0.0173. The first-order valence-electron chi connectivity index (χ1n) is 7.82. The third-order valence-corrected chi connectivity index (χ3v) is 4.43. The number of ether oxygens (including phenoxy) is 2. The van der Waals surface area contributed by atoms with Crippen LogP contribution in [0.5, 0.6) is 11.5 Å². The number of nitrogens with one attached hydrogen (secondary N) is 2. The van der Waals surface area contributed by atoms with Gasteiger partial charge in [-0.15, -0.1) is 0 Å². The molecule has 128 valence electrons. The van der Waals surface area contributed by atoms with Crippen molar-refractivity contribution in [1.82, 2.24) is 15.5 Å². The quantitative estimate of drug-likeness (QED) is 0.869. The highest BCUT2D eigenvalue weighted by Gasteiger charge is 2.20. The van der Waals surface area contributed by atoms with E-state index < -0.39 is 0 Å². The summed E-state index contributed by atoms with van der Waals surface area (Å²) in [4.78, 5) is 12.2. The Morgan fingerprint density at radius 1 is 1.42 bits per heavy atom. The molecule has 0 saturated carbocycles. The standard InChI is InChI=1S/C17H20ClN3O3/c1-9(16-10(2)20-21-11(16)3)4-15(22)19-7-12-5-13(18)17-14(6-12)23-8-24-17/h5-6,9H,4,7-8H2,1-3H3,(H,19,22)(H,20,21)/t9-/m1/s1. The molecule has 0 bridgehead atoms. The van der Waals surface area contributed by atoms with Gasteiger partial charge in [0.25, 0.3) is 0 Å². The molecule has 1 atom stereocenters. The van der Waals surface area contributed by atoms with E-state index in [0.717, 1.165) is 22.5 Å². The number of hydrogen-bond donors (Lipinski definition) is 2. The Morgan fingerprint density at radius 3 is 2.92 bits per heavy atom. The average molecular weight is 350 g/mol. The lowest BCUT2D eigenvalue weighted by Gasteiger charge is -2.13. The van der Waals surface area contributed by atoms with Crippen LogP contribution < -0.4 is 14.8 Å². The SMILES string of the molecule is Cc1n[nH]c(C)c1[C@H](C)CC(=O)NCc1cc(Cl)c2c(c1)OCO2. The molecule has 1 aliphatic rings. The van der Waals surface area contributed by atoms with Crippen molar-refractivity contribution in [2.45, 2.75) is 39.7 Å². The van der Waals surface area contributed by atoms with Crippen molar-refractivity contribution in [1.29, 1.82) is 0 Å². The van der Waals surface area contributed by atoms with Gasteiger partial charge in [0.15, 0.2) is 11.5 Å². The van der Waals surface area contributed by atoms with Crippen molar-refractivity contribution in [3.05, 3.63) is 39.7 Å². The molecule has 0 saturated heterocycles. The number of aromatic amines is 1. The first kappa shape index (κ1) is 16.6. The third kappa shape index (κ3) is 3.33. The molecule has 0 spiro atoms. The number of H-pyrrole nitrogens is 1. The highest BCUT2D eigenvalue weighted by Crippen LogP contribution is 2.39. The molecule has 24 heavy (non-hydrogen) atoms. The monoisotopic (exact) mass is 349 g/mol. The molecule has 3 rings (SSSR count). The smallest absolute Gasteiger partial charge is 0.231 e. The molecule has 0 aliphatic carbocycles. The number of benzene rings is 1. The van der Waals surface area contributed by atoms with E-state index in [-0.39, 0.29) is 18.6 Å². The summed E-state index contributed by atoms with van der Waals surface area (Å²) in [6.45, 7) is 6.51. The van der Waals surface area contributed by atoms with Crippen molar-refractivity contribution < 1.29 is 14.3 Å². The predicted octanol–water partition coefficient (Wildman–Crippen LogP) is 3.22. The lowest BCUT2D eigenvalue weighted by Crippen LogP contribution is -2.24. The second kappa shape index (κ2) is 6.73. The highest BCUT2D eigenvalue weighted by atomic mass is 35.5. The molecular formula is C17H20ClN3O3. The molecule has 2 aromatic rings. The highest BCUT2D eigenvalue weighted by molar-refractivity contribution is 6.32. The number of amides is 1. The first-order valence-corrected chi connectivity index (χ1v) is 8.19. The summed E-state index contributed by atoms with van der Waals surface area (Å²) in [7, 11) is 0. The van der Waals surface area contributed by atoms with Gasteiger partial charge < -0.3 is 14.8 Å². The summed E-state index contributed by atoms with van der Waals surface area (Å²) >= 11 is 6.15. The maximum Gasteiger partial charge on any atom is 0.231 e. The molecule has 1 aliphatic heterocycles. The molecule has 1 aromatic carbocycles. The zero-order valence-corrected chi connectivity index (χ0v) is 14.7. The fraction of sp³-hybridized carbons (Fsp3) is 0.412. The van der Waals surface area contributed by atoms with E-state index in [0.29, 0.717) is 29.5 Å². The maximum atomic E-state index is 12.2. The molecule has 2 heterocycles. The number of aromatic nitrogens is 2. The van der Waals surface area contributed by atoms with Gasteiger partial charge in [-0.05, 0) is 43.0 Å². The molecular weight excluding hydrogens is 330 g/mol. The van der Waals surface area contributed by atoms with Gasteiger partial charge in [-0.3, -0.25) is 9.89 Å². The summed E-state index contributed by atoms with van der Waals surface area (Å²) in [5.41, 5.74) is 3.93. The van der Waals surface area contributed by atoms with Gasteiger partial charge in [-0.1, -0.05) is 18.5 Å². The molecule has 1 amide bonds. The van der Waals surface area contributed by atoms with Crippen LogP contribution in [0, 0.1) is 13.8 Å². The molecule has 2 N–H and O–H groups in total. The number of nitrogens with zero attached hydrogens (tertiary/aromatic N) is 1. The summed E-state index contributed by atoms with van der Waals surface area (Å²) < 4.78 is 10.6. The second-order valence-corrected chi connectivity index (χ2v) is 6.45. The van der Waals surface area contributed by atoms with Crippen molar-refractivity contribution in [2.75, 3.05) is 6.79 Å². The molecule has 0 radical (unpaired) electrons. The van der Waals surface area contributed by atoms with E-state index in [1.165, 1.54) is 0 Å². The molecule has 1 aromatic heterocycles. The summed E-state index contributed by atoms with van der Waals surface area (Å²) in [6.07, 6.45) is 0.402. The molecule has 0 unspecified atom stereocenters. The fourth-order valence-electron chi connectivity index (χ4n) is 3.06. The Morgan fingerprint density at radius 2 is 2.21 bits per heavy atom. The molecule has 6 nitrogen and oxygen atoms in total. The van der Waals surface area contributed by atoms with E-state index in [9.17, 15) is 4.79 Å². The van der Waals surface area contributed by atoms with Gasteiger partial charge in [0.1, 0.15) is 0 Å². The summed E-state index contributed by atoms with van der Waals surface area (Å²) in [5, 5.41) is 10.6. The maximum absolute atomic E-state index is 12.2. The van der Waals surface area contributed by atoms with Gasteiger partial charge in [0.2, 0.25) is 12.7 Å². The minimum absolute atomic E-state index is 0.0173. The van der Waals surface area contributed by atoms with Gasteiger partial charge in [0, 0.05) is 18.7 Å². The van der Waals surface area contributed by atoms with Crippen molar-refractivity contribution in [3.63, 3.8) is 0 Å². The Balaban J connectivity index is 1.59. The van der Waals surface area contributed by atoms with E-state index in [1.54, 1.807) is 6.07 Å². The molecule has 7 heteroatoms. The van der Waals surface area contributed by atoms with Crippen molar-refractivity contribution >= 4 is 17.5 Å². The van der Waals surface area contributed by atoms with E-state index in [2.05, 4.69) is 15.5 Å². The van der Waals surface area contributed by atoms with Gasteiger partial charge in [-0.25, -0.2) is 0 Å². The largest absolute Gasteiger partial charge is 0.454 e. The van der Waals surface area contributed by atoms with Crippen molar-refractivity contribution in [2.24, 2.45) is 0 Å². The summed E-state index contributed by atoms with van der Waals surface area (Å²) in [5.74, 6) is 1.26. The number of carbonyl (C=O) groups excluding carboxylic acids is 1. The Hall–Kier alpha value is -2.21. The predicted molar refractivity (Wildman–Crippen MR) is 90.5 cm³/mol. The van der Waals surface area contributed by atoms with Crippen LogP contribution >= 0.6 is 11.6 Å². The van der Waals surface area contributed by atoms with Crippen LogP contribution in [0.25, 0.3) is 0 Å². The first-order chi connectivity index (χ1) is 11.5. The Labute approximate surface area is 145 Å². The van der Waals surface area contributed by atoms with Crippen LogP contribution in [-0.2, 0) is 11.3 Å². The van der Waals surface area contributed by atoms with Crippen LogP contribution in [0.4, 0.5) is 0 Å². The number of halogens is 1. The summed E-state index contributed by atoms with van der Waals surface area (Å²) in [6, 6.07) is 3.62. The Kier molecular flexibility index (Phi) is 4.66. The zero-order valence-electron chi connectivity index (χ0n) is 13.9. The third-order valence-electron chi connectivity index (χ3n) is 4.15. The lowest BCUT2D eigenvalue weighted by molar-refractivity contribution is -0.121. The number of rotatable bonds is 5. The van der Waals surface area contributed by atoms with Crippen LogP contribution in [0.3, 0.4) is 0 Å². The minimum Gasteiger partial charge on any atom is -0.454 e. The van der Waals surface area contributed by atoms with Crippen LogP contribution in [0.1, 0.15) is 41.8 Å². The van der Waals surface area contributed by atoms with Crippen LogP contribution in [0.2, 0.25) is 5.02 Å². The number of carbonyl (C=O) groups is 1. The normalized spacial score (nSPS) is 13.8. The van der Waals surface area contributed by atoms with Crippen LogP contribution in [-0.4, -0.2) is 22.9 Å². The topological polar surface area (TPSA) is 76.2 Å². The second-order valence-electron chi connectivity index (χ2n) is 6.04. The fourth-order valence-corrected chi connectivity index (χ4v) is 3.35. The zero-order chi connectivity index (χ0) is 17.3. The van der Waals surface area contributed by atoms with Gasteiger partial charge in [-0.2, -0.15) is 5.10 Å². The lowest BCUT2D eigenvalue weighted by atomic mass is 9.95. The van der Waals surface area contributed by atoms with E-state index in [4.69, 9.17) is 21.1 Å².